The minimum Gasteiger partial charge on any atom is -0.508 e. The zero-order chi connectivity index (χ0) is 60.7. The zero-order valence-electron chi connectivity index (χ0n) is 47.2. The van der Waals surface area contributed by atoms with Crippen LogP contribution < -0.4 is 54.0 Å². The first-order valence-electron chi connectivity index (χ1n) is 28.1. The number of fused-ring (bicyclic) bond motifs is 1. The minimum absolute atomic E-state index is 0.00114. The molecule has 27 heteroatoms. The molecule has 25 nitrogen and oxygen atoms in total. The number of para-hydroxylation sites is 1. The molecular weight excluding hydrogens is 1120 g/mol. The van der Waals surface area contributed by atoms with Crippen molar-refractivity contribution in [2.75, 3.05) is 63.9 Å². The lowest BCUT2D eigenvalue weighted by molar-refractivity contribution is -0.136. The number of hydrogen-bond acceptors (Lipinski definition) is 17. The number of nitrogens with zero attached hydrogens (tertiary/aromatic N) is 2. The Bertz CT molecular complexity index is 2860. The number of hydrogen-bond donors (Lipinski definition) is 14. The van der Waals surface area contributed by atoms with Crippen LogP contribution in [0.25, 0.3) is 10.9 Å². The quantitative estimate of drug-likeness (QED) is 0.0305. The van der Waals surface area contributed by atoms with Crippen LogP contribution in [0.1, 0.15) is 56.2 Å². The summed E-state index contributed by atoms with van der Waals surface area (Å²) in [6.07, 6.45) is 0.824. The summed E-state index contributed by atoms with van der Waals surface area (Å²) < 4.78 is 0. The molecule has 0 saturated carbocycles. The lowest BCUT2D eigenvalue weighted by Gasteiger charge is -2.34. The van der Waals surface area contributed by atoms with Crippen molar-refractivity contribution in [3.63, 3.8) is 0 Å². The van der Waals surface area contributed by atoms with Gasteiger partial charge in [0.15, 0.2) is 0 Å². The van der Waals surface area contributed by atoms with Crippen molar-refractivity contribution in [2.24, 2.45) is 11.5 Å². The Morgan fingerprint density at radius 2 is 1.32 bits per heavy atom. The van der Waals surface area contributed by atoms with E-state index in [4.69, 9.17) is 11.5 Å². The number of aromatic nitrogens is 1. The van der Waals surface area contributed by atoms with Crippen LogP contribution in [0.15, 0.2) is 85.1 Å². The smallest absolute Gasteiger partial charge is 0.244 e. The van der Waals surface area contributed by atoms with Crippen LogP contribution in [-0.2, 0) is 62.4 Å². The molecule has 0 aliphatic carbocycles. The molecule has 0 bridgehead atoms. The van der Waals surface area contributed by atoms with E-state index in [-0.39, 0.29) is 69.1 Å². The third-order valence-corrected chi connectivity index (χ3v) is 16.9. The maximum Gasteiger partial charge on any atom is 0.244 e. The average molecular weight is 1200 g/mol. The predicted octanol–water partition coefficient (Wildman–Crippen LogP) is -1.81. The molecule has 3 heterocycles. The van der Waals surface area contributed by atoms with E-state index in [0.717, 1.165) is 32.5 Å². The summed E-state index contributed by atoms with van der Waals surface area (Å²) in [6, 6.07) is 10.9. The summed E-state index contributed by atoms with van der Waals surface area (Å²) in [4.78, 5) is 136. The van der Waals surface area contributed by atoms with E-state index in [9.17, 15) is 48.9 Å². The Hall–Kier alpha value is -7.27. The number of primary amides is 1. The third kappa shape index (κ3) is 20.2. The maximum absolute atomic E-state index is 15.0. The normalized spacial score (nSPS) is 22.2. The standard InChI is InChI=1S/C57H79N13O12S2/c1-3-40-51(76)66-47(57(82)68-49(34(2)72)50(59)75)33-84-83-32-46(67-53(78)43(27-35-11-5-4-6-12-35)61-48(74)31-70-23-21-69(22-24-70)25-26-71)56(81)64-44(28-36-16-18-38(73)19-17-36)54(79)65-45(29-37-30-60-41-14-8-7-13-39(37)41)55(80)63-42(52(77)62-40)15-9-10-20-58/h4-8,11-14,16-19,30,34,40,42-47,49,60,71-73H,3,9-10,15,20-29,31-33,58H2,1-2H3,(H2,59,75)(H,61,74)(H,62,77)(H,63,80)(H,64,81)(H,65,79)(H,66,76)(H,67,78)(H,68,82). The molecule has 9 unspecified atom stereocenters. The number of β-amino-alcohol motifs (C(OH)–C–C–N with tert-alkyl or cyclic N) is 1. The van der Waals surface area contributed by atoms with Gasteiger partial charge < -0.3 is 74.3 Å². The fourth-order valence-electron chi connectivity index (χ4n) is 9.65. The fraction of sp³-hybridized carbons (Fsp3) is 0.491. The van der Waals surface area contributed by atoms with E-state index in [1.807, 2.05) is 29.2 Å². The number of carbonyl (C=O) groups excluding carboxylic acids is 9. The van der Waals surface area contributed by atoms with Gasteiger partial charge in [0.05, 0.1) is 19.3 Å². The predicted molar refractivity (Wildman–Crippen MR) is 318 cm³/mol. The second-order valence-corrected chi connectivity index (χ2v) is 23.4. The highest BCUT2D eigenvalue weighted by atomic mass is 33.1. The number of nitrogens with one attached hydrogen (secondary N) is 9. The summed E-state index contributed by atoms with van der Waals surface area (Å²) in [6.45, 7) is 5.90. The molecule has 9 amide bonds. The molecule has 0 spiro atoms. The molecule has 2 saturated heterocycles. The number of aliphatic hydroxyl groups excluding tert-OH is 2. The van der Waals surface area contributed by atoms with Crippen molar-refractivity contribution in [1.29, 1.82) is 0 Å². The number of rotatable bonds is 22. The van der Waals surface area contributed by atoms with Gasteiger partial charge in [0.1, 0.15) is 54.1 Å². The molecule has 456 valence electrons. The van der Waals surface area contributed by atoms with Crippen LogP contribution in [0.5, 0.6) is 5.75 Å². The van der Waals surface area contributed by atoms with Gasteiger partial charge in [0, 0.05) is 80.6 Å². The van der Waals surface area contributed by atoms with Crippen LogP contribution in [0.2, 0.25) is 0 Å². The Labute approximate surface area is 495 Å². The van der Waals surface area contributed by atoms with Gasteiger partial charge in [0.2, 0.25) is 53.2 Å². The third-order valence-electron chi connectivity index (χ3n) is 14.5. The number of piperazine rings is 1. The Balaban J connectivity index is 1.39. The van der Waals surface area contributed by atoms with Crippen molar-refractivity contribution in [3.8, 4) is 5.75 Å². The second-order valence-electron chi connectivity index (χ2n) is 20.8. The van der Waals surface area contributed by atoms with Gasteiger partial charge >= 0.3 is 0 Å². The molecule has 16 N–H and O–H groups in total. The van der Waals surface area contributed by atoms with E-state index in [0.29, 0.717) is 62.3 Å². The number of aliphatic hydroxyl groups is 2. The van der Waals surface area contributed by atoms with Gasteiger partial charge in [-0.15, -0.1) is 0 Å². The van der Waals surface area contributed by atoms with E-state index in [2.05, 4.69) is 52.4 Å². The van der Waals surface area contributed by atoms with Crippen LogP contribution >= 0.6 is 21.6 Å². The molecule has 84 heavy (non-hydrogen) atoms. The number of carbonyl (C=O) groups is 9. The molecule has 2 fully saturated rings. The minimum atomic E-state index is -1.58. The van der Waals surface area contributed by atoms with Crippen molar-refractivity contribution < 1.29 is 58.5 Å². The van der Waals surface area contributed by atoms with Gasteiger partial charge in [0.25, 0.3) is 0 Å². The topological polar surface area (TPSA) is 385 Å². The first-order chi connectivity index (χ1) is 40.3. The molecule has 4 aromatic rings. The van der Waals surface area contributed by atoms with Gasteiger partial charge in [-0.05, 0) is 74.0 Å². The van der Waals surface area contributed by atoms with Gasteiger partial charge in [-0.1, -0.05) is 89.2 Å². The summed E-state index contributed by atoms with van der Waals surface area (Å²) >= 11 is 0. The number of aromatic amines is 1. The first kappa shape index (κ1) is 65.9. The van der Waals surface area contributed by atoms with Crippen LogP contribution in [-0.4, -0.2) is 202 Å². The largest absolute Gasteiger partial charge is 0.508 e. The highest BCUT2D eigenvalue weighted by Gasteiger charge is 2.36. The summed E-state index contributed by atoms with van der Waals surface area (Å²) in [5.41, 5.74) is 13.9. The number of H-pyrrole nitrogens is 1. The highest BCUT2D eigenvalue weighted by molar-refractivity contribution is 8.76. The van der Waals surface area contributed by atoms with Crippen molar-refractivity contribution in [1.82, 2.24) is 57.3 Å². The Morgan fingerprint density at radius 1 is 0.714 bits per heavy atom. The molecule has 3 aromatic carbocycles. The number of benzene rings is 3. The average Bonchev–Trinajstić information content (AvgIpc) is 4.06. The van der Waals surface area contributed by atoms with Crippen LogP contribution in [0, 0.1) is 0 Å². The SMILES string of the molecule is CCC1NC(=O)C(CCCCN)NC(=O)C(Cc2c[nH]c3ccccc23)NC(=O)C(Cc2ccc(O)cc2)NC(=O)C(NC(=O)C(Cc2ccccc2)NC(=O)CN2CCN(CCO)CC2)CSSCC(C(=O)NC(C(N)=O)C(C)O)NC1=O. The van der Waals surface area contributed by atoms with E-state index >= 15 is 9.59 Å². The van der Waals surface area contributed by atoms with E-state index in [1.54, 1.807) is 55.6 Å². The van der Waals surface area contributed by atoms with Crippen molar-refractivity contribution in [3.05, 3.63) is 102 Å². The molecule has 6 rings (SSSR count). The number of unbranched alkanes of at least 4 members (excludes halogenated alkanes) is 1. The number of aromatic hydroxyl groups is 1. The first-order valence-corrected chi connectivity index (χ1v) is 30.6. The molecule has 2 aliphatic rings. The summed E-state index contributed by atoms with van der Waals surface area (Å²) in [5, 5.41) is 52.6. The molecule has 0 radical (unpaired) electrons. The summed E-state index contributed by atoms with van der Waals surface area (Å²) in [7, 11) is 1.97. The molecule has 1 aromatic heterocycles. The molecular formula is C57H79N13O12S2. The molecule has 2 aliphatic heterocycles. The van der Waals surface area contributed by atoms with Crippen molar-refractivity contribution in [2.45, 2.75) is 113 Å². The summed E-state index contributed by atoms with van der Waals surface area (Å²) in [5.74, 6) is -7.90. The monoisotopic (exact) mass is 1200 g/mol. The number of phenolic OH excluding ortho intramolecular Hbond substituents is 1. The van der Waals surface area contributed by atoms with Gasteiger partial charge in [-0.2, -0.15) is 0 Å². The highest BCUT2D eigenvalue weighted by Crippen LogP contribution is 2.25. The fourth-order valence-corrected chi connectivity index (χ4v) is 12.0. The number of nitrogens with two attached hydrogens (primary N) is 2. The maximum atomic E-state index is 15.0. The Morgan fingerprint density at radius 3 is 1.99 bits per heavy atom. The zero-order valence-corrected chi connectivity index (χ0v) is 48.8. The number of amides is 9. The van der Waals surface area contributed by atoms with Crippen LogP contribution in [0.3, 0.4) is 0 Å². The number of phenols is 1. The van der Waals surface area contributed by atoms with Gasteiger partial charge in [-0.3, -0.25) is 53.0 Å². The second kappa shape index (κ2) is 33.3. The van der Waals surface area contributed by atoms with E-state index in [1.165, 1.54) is 19.1 Å². The van der Waals surface area contributed by atoms with E-state index < -0.39 is 108 Å². The van der Waals surface area contributed by atoms with Crippen LogP contribution in [0.4, 0.5) is 0 Å². The van der Waals surface area contributed by atoms with Crippen molar-refractivity contribution >= 4 is 85.7 Å². The lowest BCUT2D eigenvalue weighted by Crippen LogP contribution is -2.61. The van der Waals surface area contributed by atoms with Gasteiger partial charge in [-0.25, -0.2) is 0 Å². The lowest BCUT2D eigenvalue weighted by atomic mass is 10.0. The molecule has 9 atom stereocenters. The Kier molecular flexibility index (Phi) is 26.1.